The van der Waals surface area contributed by atoms with Gasteiger partial charge in [0.2, 0.25) is 11.8 Å². The Morgan fingerprint density at radius 1 is 1.24 bits per heavy atom. The molecule has 0 saturated heterocycles. The lowest BCUT2D eigenvalue weighted by Crippen LogP contribution is -2.48. The smallest absolute Gasteiger partial charge is 0.241 e. The molecular formula is C17H30Cl2N4O2. The van der Waals surface area contributed by atoms with Crippen LogP contribution in [0.15, 0.2) is 24.4 Å². The first-order valence-corrected chi connectivity index (χ1v) is 8.11. The molecule has 0 spiro atoms. The molecule has 3 N–H and O–H groups in total. The van der Waals surface area contributed by atoms with Gasteiger partial charge < -0.3 is 16.0 Å². The zero-order chi connectivity index (χ0) is 17.3. The van der Waals surface area contributed by atoms with Gasteiger partial charge in [0.25, 0.3) is 0 Å². The number of aromatic nitrogens is 1. The second-order valence-corrected chi connectivity index (χ2v) is 5.76. The third-order valence-corrected chi connectivity index (χ3v) is 4.48. The summed E-state index contributed by atoms with van der Waals surface area (Å²) >= 11 is 0. The summed E-state index contributed by atoms with van der Waals surface area (Å²) in [5, 5.41) is 2.73. The summed E-state index contributed by atoms with van der Waals surface area (Å²) in [6.45, 7) is 4.73. The van der Waals surface area contributed by atoms with E-state index in [0.717, 1.165) is 5.69 Å². The fraction of sp³-hybridized carbons (Fsp3) is 0.588. The molecule has 0 atom stereocenters. The molecule has 0 fully saturated rings. The topological polar surface area (TPSA) is 88.3 Å². The molecule has 0 bridgehead atoms. The van der Waals surface area contributed by atoms with Gasteiger partial charge in [-0.15, -0.1) is 24.8 Å². The molecule has 8 heteroatoms. The van der Waals surface area contributed by atoms with Crippen molar-refractivity contribution in [3.8, 4) is 0 Å². The number of amides is 2. The molecule has 2 amide bonds. The SMILES string of the molecule is CCC(CC)(CN)C(=O)NCC(=O)N(C)CCc1ccccn1.Cl.Cl. The van der Waals surface area contributed by atoms with Crippen LogP contribution in [0.3, 0.4) is 0 Å². The molecule has 0 unspecified atom stereocenters. The second-order valence-electron chi connectivity index (χ2n) is 5.76. The van der Waals surface area contributed by atoms with Gasteiger partial charge in [-0.3, -0.25) is 14.6 Å². The van der Waals surface area contributed by atoms with Gasteiger partial charge in [-0.25, -0.2) is 0 Å². The first-order chi connectivity index (χ1) is 11.0. The summed E-state index contributed by atoms with van der Waals surface area (Å²) < 4.78 is 0. The average Bonchev–Trinajstić information content (AvgIpc) is 2.60. The maximum atomic E-state index is 12.3. The summed E-state index contributed by atoms with van der Waals surface area (Å²) in [5.41, 5.74) is 6.11. The molecule has 0 aliphatic heterocycles. The van der Waals surface area contributed by atoms with Gasteiger partial charge in [-0.05, 0) is 25.0 Å². The quantitative estimate of drug-likeness (QED) is 0.670. The number of halogens is 2. The minimum atomic E-state index is -0.577. The van der Waals surface area contributed by atoms with Gasteiger partial charge >= 0.3 is 0 Å². The Morgan fingerprint density at radius 3 is 2.36 bits per heavy atom. The van der Waals surface area contributed by atoms with Crippen molar-refractivity contribution in [2.45, 2.75) is 33.1 Å². The number of carbonyl (C=O) groups excluding carboxylic acids is 2. The van der Waals surface area contributed by atoms with E-state index in [1.165, 1.54) is 0 Å². The van der Waals surface area contributed by atoms with Crippen molar-refractivity contribution in [2.24, 2.45) is 11.1 Å². The second kappa shape index (κ2) is 12.9. The molecule has 0 aliphatic carbocycles. The maximum absolute atomic E-state index is 12.3. The summed E-state index contributed by atoms with van der Waals surface area (Å²) in [4.78, 5) is 30.2. The van der Waals surface area contributed by atoms with Crippen LogP contribution >= 0.6 is 24.8 Å². The number of likely N-dealkylation sites (N-methyl/N-ethyl adjacent to an activating group) is 1. The molecule has 1 aromatic heterocycles. The lowest BCUT2D eigenvalue weighted by Gasteiger charge is -2.28. The Kier molecular flexibility index (Phi) is 13.4. The van der Waals surface area contributed by atoms with Crippen LogP contribution in [-0.2, 0) is 16.0 Å². The predicted molar refractivity (Wildman–Crippen MR) is 105 cm³/mol. The number of rotatable bonds is 9. The third-order valence-electron chi connectivity index (χ3n) is 4.48. The number of nitrogens with two attached hydrogens (primary N) is 1. The Bertz CT molecular complexity index is 502. The number of hydrogen-bond donors (Lipinski definition) is 2. The summed E-state index contributed by atoms with van der Waals surface area (Å²) in [5.74, 6) is -0.260. The number of nitrogens with one attached hydrogen (secondary N) is 1. The van der Waals surface area contributed by atoms with Crippen molar-refractivity contribution in [3.63, 3.8) is 0 Å². The van der Waals surface area contributed by atoms with Gasteiger partial charge in [0.15, 0.2) is 0 Å². The molecule has 25 heavy (non-hydrogen) atoms. The van der Waals surface area contributed by atoms with E-state index in [4.69, 9.17) is 5.73 Å². The van der Waals surface area contributed by atoms with E-state index < -0.39 is 5.41 Å². The van der Waals surface area contributed by atoms with E-state index >= 15 is 0 Å². The van der Waals surface area contributed by atoms with Gasteiger partial charge in [0.05, 0.1) is 12.0 Å². The molecule has 0 aromatic carbocycles. The average molecular weight is 393 g/mol. The van der Waals surface area contributed by atoms with Crippen molar-refractivity contribution < 1.29 is 9.59 Å². The first kappa shape index (κ1) is 25.9. The maximum Gasteiger partial charge on any atom is 0.241 e. The molecule has 1 rings (SSSR count). The third kappa shape index (κ3) is 7.59. The fourth-order valence-corrected chi connectivity index (χ4v) is 2.38. The van der Waals surface area contributed by atoms with Crippen LogP contribution < -0.4 is 11.1 Å². The molecule has 0 radical (unpaired) electrons. The van der Waals surface area contributed by atoms with E-state index in [0.29, 0.717) is 25.8 Å². The van der Waals surface area contributed by atoms with Crippen molar-refractivity contribution in [3.05, 3.63) is 30.1 Å². The molecule has 6 nitrogen and oxygen atoms in total. The summed E-state index contributed by atoms with van der Waals surface area (Å²) in [6, 6.07) is 5.71. The molecule has 144 valence electrons. The molecule has 1 heterocycles. The van der Waals surface area contributed by atoms with Crippen LogP contribution in [0.4, 0.5) is 0 Å². The standard InChI is InChI=1S/C17H28N4O2.2ClH/c1-4-17(5-2,13-18)16(23)20-12-15(22)21(3)11-9-14-8-6-7-10-19-14;;/h6-8,10H,4-5,9,11-13,18H2,1-3H3,(H,20,23);2*1H. The zero-order valence-corrected chi connectivity index (χ0v) is 16.8. The summed E-state index contributed by atoms with van der Waals surface area (Å²) in [6.07, 6.45) is 3.75. The highest BCUT2D eigenvalue weighted by atomic mass is 35.5. The molecular weight excluding hydrogens is 363 g/mol. The first-order valence-electron chi connectivity index (χ1n) is 8.11. The number of pyridine rings is 1. The van der Waals surface area contributed by atoms with Crippen molar-refractivity contribution in [1.29, 1.82) is 0 Å². The number of hydrogen-bond acceptors (Lipinski definition) is 4. The lowest BCUT2D eigenvalue weighted by atomic mass is 9.81. The number of carbonyl (C=O) groups is 2. The van der Waals surface area contributed by atoms with Crippen molar-refractivity contribution >= 4 is 36.6 Å². The van der Waals surface area contributed by atoms with Crippen LogP contribution in [-0.4, -0.2) is 48.4 Å². The zero-order valence-electron chi connectivity index (χ0n) is 15.2. The highest BCUT2D eigenvalue weighted by Gasteiger charge is 2.33. The Balaban J connectivity index is 0. The van der Waals surface area contributed by atoms with Gasteiger partial charge in [0, 0.05) is 38.4 Å². The van der Waals surface area contributed by atoms with Gasteiger partial charge in [-0.1, -0.05) is 19.9 Å². The number of nitrogens with zero attached hydrogens (tertiary/aromatic N) is 2. The van der Waals surface area contributed by atoms with E-state index in [1.807, 2.05) is 32.0 Å². The molecule has 0 saturated carbocycles. The van der Waals surface area contributed by atoms with Crippen molar-refractivity contribution in [1.82, 2.24) is 15.2 Å². The Hall–Kier alpha value is -1.37. The fourth-order valence-electron chi connectivity index (χ4n) is 2.38. The van der Waals surface area contributed by atoms with Crippen molar-refractivity contribution in [2.75, 3.05) is 26.7 Å². The Morgan fingerprint density at radius 2 is 1.88 bits per heavy atom. The highest BCUT2D eigenvalue weighted by Crippen LogP contribution is 2.24. The van der Waals surface area contributed by atoms with E-state index in [9.17, 15) is 9.59 Å². The van der Waals surface area contributed by atoms with E-state index in [1.54, 1.807) is 18.1 Å². The molecule has 0 aliphatic rings. The minimum absolute atomic E-state index is 0. The van der Waals surface area contributed by atoms with Gasteiger partial charge in [-0.2, -0.15) is 0 Å². The van der Waals surface area contributed by atoms with Crippen LogP contribution in [0, 0.1) is 5.41 Å². The monoisotopic (exact) mass is 392 g/mol. The van der Waals surface area contributed by atoms with Crippen LogP contribution in [0.1, 0.15) is 32.4 Å². The summed E-state index contributed by atoms with van der Waals surface area (Å²) in [7, 11) is 1.73. The largest absolute Gasteiger partial charge is 0.347 e. The van der Waals surface area contributed by atoms with E-state index in [2.05, 4.69) is 10.3 Å². The van der Waals surface area contributed by atoms with Crippen LogP contribution in [0.2, 0.25) is 0 Å². The molecule has 1 aromatic rings. The Labute approximate surface area is 162 Å². The van der Waals surface area contributed by atoms with Crippen LogP contribution in [0.5, 0.6) is 0 Å². The lowest BCUT2D eigenvalue weighted by molar-refractivity contribution is -0.136. The minimum Gasteiger partial charge on any atom is -0.347 e. The van der Waals surface area contributed by atoms with E-state index in [-0.39, 0.29) is 49.7 Å². The van der Waals surface area contributed by atoms with Gasteiger partial charge in [0.1, 0.15) is 0 Å². The normalized spacial score (nSPS) is 10.2. The predicted octanol–water partition coefficient (Wildman–Crippen LogP) is 1.81. The highest BCUT2D eigenvalue weighted by molar-refractivity contribution is 5.88. The van der Waals surface area contributed by atoms with Crippen LogP contribution in [0.25, 0.3) is 0 Å².